The summed E-state index contributed by atoms with van der Waals surface area (Å²) in [4.78, 5) is 44.8. The molecule has 0 saturated carbocycles. The predicted molar refractivity (Wildman–Crippen MR) is 73.0 cm³/mol. The molecule has 0 N–H and O–H groups in total. The first-order valence-electron chi connectivity index (χ1n) is 6.97. The van der Waals surface area contributed by atoms with Gasteiger partial charge in [0, 0.05) is 27.7 Å². The summed E-state index contributed by atoms with van der Waals surface area (Å²) in [5, 5.41) is 0. The van der Waals surface area contributed by atoms with Crippen LogP contribution in [0.15, 0.2) is 0 Å². The van der Waals surface area contributed by atoms with Crippen molar-refractivity contribution < 1.29 is 42.9 Å². The number of esters is 4. The maximum Gasteiger partial charge on any atom is 0.303 e. The monoisotopic (exact) mass is 332 g/mol. The van der Waals surface area contributed by atoms with Crippen LogP contribution in [0.3, 0.4) is 0 Å². The van der Waals surface area contributed by atoms with Crippen LogP contribution < -0.4 is 0 Å². The highest BCUT2D eigenvalue weighted by atomic mass is 16.7. The Morgan fingerprint density at radius 3 is 1.83 bits per heavy atom. The van der Waals surface area contributed by atoms with E-state index >= 15 is 0 Å². The molecule has 0 unspecified atom stereocenters. The zero-order valence-corrected chi connectivity index (χ0v) is 13.4. The first kappa shape index (κ1) is 18.9. The minimum Gasteiger partial charge on any atom is -0.463 e. The van der Waals surface area contributed by atoms with Gasteiger partial charge >= 0.3 is 23.9 Å². The summed E-state index contributed by atoms with van der Waals surface area (Å²) >= 11 is 0. The summed E-state index contributed by atoms with van der Waals surface area (Å²) in [6.07, 6.45) is -3.92. The molecule has 130 valence electrons. The van der Waals surface area contributed by atoms with Crippen LogP contribution in [0.25, 0.3) is 0 Å². The van der Waals surface area contributed by atoms with Crippen molar-refractivity contribution in [3.8, 4) is 0 Å². The highest BCUT2D eigenvalue weighted by Crippen LogP contribution is 2.24. The topological polar surface area (TPSA) is 114 Å². The Balaban J connectivity index is 2.98. The summed E-state index contributed by atoms with van der Waals surface area (Å²) in [6, 6.07) is 0. The molecule has 9 heteroatoms. The molecule has 1 rings (SSSR count). The van der Waals surface area contributed by atoms with Crippen LogP contribution in [-0.4, -0.2) is 61.5 Å². The third-order valence-corrected chi connectivity index (χ3v) is 2.90. The van der Waals surface area contributed by atoms with E-state index in [-0.39, 0.29) is 13.2 Å². The Labute approximate surface area is 133 Å². The highest BCUT2D eigenvalue weighted by Gasteiger charge is 2.47. The SMILES string of the molecule is CC(=O)OC[C@H]1OC[C@@H](OC(C)=O)[C@@H](OC(C)=O)[C@@H]1OC(C)=O. The first-order chi connectivity index (χ1) is 10.7. The lowest BCUT2D eigenvalue weighted by Crippen LogP contribution is -2.58. The van der Waals surface area contributed by atoms with E-state index in [2.05, 4.69) is 0 Å². The predicted octanol–water partition coefficient (Wildman–Crippen LogP) is -0.257. The van der Waals surface area contributed by atoms with Gasteiger partial charge in [-0.15, -0.1) is 0 Å². The van der Waals surface area contributed by atoms with Crippen molar-refractivity contribution in [3.63, 3.8) is 0 Å². The zero-order valence-electron chi connectivity index (χ0n) is 13.4. The zero-order chi connectivity index (χ0) is 17.6. The summed E-state index contributed by atoms with van der Waals surface area (Å²) < 4.78 is 25.6. The molecule has 0 amide bonds. The van der Waals surface area contributed by atoms with Gasteiger partial charge in [-0.2, -0.15) is 0 Å². The normalized spacial score (nSPS) is 26.8. The Bertz CT molecular complexity index is 473. The van der Waals surface area contributed by atoms with Crippen molar-refractivity contribution >= 4 is 23.9 Å². The van der Waals surface area contributed by atoms with Crippen LogP contribution in [0.1, 0.15) is 27.7 Å². The van der Waals surface area contributed by atoms with Crippen molar-refractivity contribution in [1.82, 2.24) is 0 Å². The second-order valence-electron chi connectivity index (χ2n) is 4.97. The highest BCUT2D eigenvalue weighted by molar-refractivity contribution is 5.68. The van der Waals surface area contributed by atoms with E-state index in [4.69, 9.17) is 23.7 Å². The third-order valence-electron chi connectivity index (χ3n) is 2.90. The van der Waals surface area contributed by atoms with Crippen molar-refractivity contribution in [1.29, 1.82) is 0 Å². The molecular weight excluding hydrogens is 312 g/mol. The fourth-order valence-corrected chi connectivity index (χ4v) is 2.16. The third kappa shape index (κ3) is 6.23. The molecule has 0 radical (unpaired) electrons. The lowest BCUT2D eigenvalue weighted by atomic mass is 9.99. The molecule has 0 aromatic heterocycles. The van der Waals surface area contributed by atoms with E-state index < -0.39 is 48.3 Å². The van der Waals surface area contributed by atoms with Crippen LogP contribution in [0.2, 0.25) is 0 Å². The van der Waals surface area contributed by atoms with Gasteiger partial charge in [0.25, 0.3) is 0 Å². The Morgan fingerprint density at radius 2 is 1.35 bits per heavy atom. The molecule has 4 atom stereocenters. The van der Waals surface area contributed by atoms with Crippen LogP contribution >= 0.6 is 0 Å². The molecule has 1 saturated heterocycles. The van der Waals surface area contributed by atoms with Gasteiger partial charge in [0.15, 0.2) is 18.3 Å². The summed E-state index contributed by atoms with van der Waals surface area (Å²) in [5.74, 6) is -2.43. The second-order valence-corrected chi connectivity index (χ2v) is 4.97. The standard InChI is InChI=1S/C14H20O9/c1-7(15)19-5-11-13(22-9(3)17)14(23-10(4)18)12(6-20-11)21-8(2)16/h11-14H,5-6H2,1-4H3/t11-,12-,13-,14-/m1/s1. The molecule has 23 heavy (non-hydrogen) atoms. The molecule has 1 fully saturated rings. The van der Waals surface area contributed by atoms with E-state index in [9.17, 15) is 19.2 Å². The van der Waals surface area contributed by atoms with E-state index in [0.717, 1.165) is 0 Å². The van der Waals surface area contributed by atoms with Gasteiger partial charge in [-0.1, -0.05) is 0 Å². The van der Waals surface area contributed by atoms with Gasteiger partial charge in [0.1, 0.15) is 12.7 Å². The summed E-state index contributed by atoms with van der Waals surface area (Å²) in [5.41, 5.74) is 0. The lowest BCUT2D eigenvalue weighted by Gasteiger charge is -2.40. The smallest absolute Gasteiger partial charge is 0.303 e. The number of ether oxygens (including phenoxy) is 5. The second kappa shape index (κ2) is 8.47. The summed E-state index contributed by atoms with van der Waals surface area (Å²) in [7, 11) is 0. The van der Waals surface area contributed by atoms with E-state index in [1.807, 2.05) is 0 Å². The maximum absolute atomic E-state index is 11.3. The Hall–Kier alpha value is -2.16. The van der Waals surface area contributed by atoms with Crippen molar-refractivity contribution in [3.05, 3.63) is 0 Å². The van der Waals surface area contributed by atoms with Crippen molar-refractivity contribution in [2.24, 2.45) is 0 Å². The van der Waals surface area contributed by atoms with Crippen LogP contribution in [0, 0.1) is 0 Å². The van der Waals surface area contributed by atoms with Gasteiger partial charge in [-0.25, -0.2) is 0 Å². The molecule has 1 heterocycles. The minimum absolute atomic E-state index is 0.0960. The van der Waals surface area contributed by atoms with E-state index in [1.165, 1.54) is 27.7 Å². The molecule has 0 spiro atoms. The number of hydrogen-bond acceptors (Lipinski definition) is 9. The first-order valence-corrected chi connectivity index (χ1v) is 6.97. The average molecular weight is 332 g/mol. The number of rotatable bonds is 5. The molecule has 0 bridgehead atoms. The fourth-order valence-electron chi connectivity index (χ4n) is 2.16. The summed E-state index contributed by atoms with van der Waals surface area (Å²) in [6.45, 7) is 4.46. The van der Waals surface area contributed by atoms with Crippen LogP contribution in [-0.2, 0) is 42.9 Å². The van der Waals surface area contributed by atoms with Gasteiger partial charge < -0.3 is 23.7 Å². The molecule has 0 aromatic rings. The molecule has 9 nitrogen and oxygen atoms in total. The molecular formula is C14H20O9. The van der Waals surface area contributed by atoms with E-state index in [1.54, 1.807) is 0 Å². The Kier molecular flexibility index (Phi) is 6.95. The molecule has 0 aromatic carbocycles. The largest absolute Gasteiger partial charge is 0.463 e. The van der Waals surface area contributed by atoms with Crippen LogP contribution in [0.5, 0.6) is 0 Å². The molecule has 0 aliphatic carbocycles. The molecule has 1 aliphatic rings. The maximum atomic E-state index is 11.3. The minimum atomic E-state index is -1.08. The van der Waals surface area contributed by atoms with Gasteiger partial charge in [0.05, 0.1) is 6.61 Å². The van der Waals surface area contributed by atoms with Crippen molar-refractivity contribution in [2.45, 2.75) is 52.1 Å². The van der Waals surface area contributed by atoms with Gasteiger partial charge in [0.2, 0.25) is 0 Å². The average Bonchev–Trinajstić information content (AvgIpc) is 2.39. The number of carbonyl (C=O) groups is 4. The quantitative estimate of drug-likeness (QED) is 0.496. The fraction of sp³-hybridized carbons (Fsp3) is 0.714. The van der Waals surface area contributed by atoms with E-state index in [0.29, 0.717) is 0 Å². The number of carbonyl (C=O) groups excluding carboxylic acids is 4. The van der Waals surface area contributed by atoms with Crippen molar-refractivity contribution in [2.75, 3.05) is 13.2 Å². The van der Waals surface area contributed by atoms with Crippen LogP contribution in [0.4, 0.5) is 0 Å². The number of hydrogen-bond donors (Lipinski definition) is 0. The van der Waals surface area contributed by atoms with Gasteiger partial charge in [-0.3, -0.25) is 19.2 Å². The lowest BCUT2D eigenvalue weighted by molar-refractivity contribution is -0.231. The Morgan fingerprint density at radius 1 is 0.826 bits per heavy atom. The molecule has 1 aliphatic heterocycles. The van der Waals surface area contributed by atoms with Gasteiger partial charge in [-0.05, 0) is 0 Å².